The molecule has 0 spiro atoms. The van der Waals surface area contributed by atoms with Crippen LogP contribution in [0.15, 0.2) is 18.2 Å². The van der Waals surface area contributed by atoms with Crippen molar-refractivity contribution in [1.82, 2.24) is 0 Å². The van der Waals surface area contributed by atoms with E-state index in [1.165, 1.54) is 0 Å². The second-order valence-electron chi connectivity index (χ2n) is 3.57. The Labute approximate surface area is 97.8 Å². The van der Waals surface area contributed by atoms with E-state index in [1.54, 1.807) is 23.1 Å². The molecule has 1 atom stereocenters. The van der Waals surface area contributed by atoms with Gasteiger partial charge in [-0.25, -0.2) is 0 Å². The van der Waals surface area contributed by atoms with Crippen molar-refractivity contribution >= 4 is 34.8 Å². The summed E-state index contributed by atoms with van der Waals surface area (Å²) >= 11 is 11.7. The number of carbonyl (C=O) groups excluding carboxylic acids is 1. The monoisotopic (exact) mass is 244 g/mol. The number of hydrogen-bond donors (Lipinski definition) is 1. The molecule has 1 amide bonds. The summed E-state index contributed by atoms with van der Waals surface area (Å²) in [4.78, 5) is 13.2. The standard InChI is InChI=1S/C10H10Cl2N2O/c11-8-2-1-7(4-9(8)12)14-5-6(13)3-10(14)15/h1-2,4,6H,3,5,13H2. The van der Waals surface area contributed by atoms with Gasteiger partial charge in [0.2, 0.25) is 5.91 Å². The molecule has 0 aliphatic carbocycles. The molecule has 1 heterocycles. The predicted molar refractivity (Wildman–Crippen MR) is 61.4 cm³/mol. The van der Waals surface area contributed by atoms with Gasteiger partial charge in [-0.3, -0.25) is 4.79 Å². The molecule has 1 aromatic carbocycles. The van der Waals surface area contributed by atoms with Gasteiger partial charge in [0.1, 0.15) is 0 Å². The Morgan fingerprint density at radius 3 is 2.60 bits per heavy atom. The third kappa shape index (κ3) is 2.09. The Bertz CT molecular complexity index is 408. The Balaban J connectivity index is 2.30. The maximum atomic E-state index is 11.6. The van der Waals surface area contributed by atoms with Crippen LogP contribution >= 0.6 is 23.2 Å². The van der Waals surface area contributed by atoms with Gasteiger partial charge in [-0.15, -0.1) is 0 Å². The van der Waals surface area contributed by atoms with Gasteiger partial charge >= 0.3 is 0 Å². The molecule has 1 aliphatic rings. The molecular weight excluding hydrogens is 235 g/mol. The average Bonchev–Trinajstić information content (AvgIpc) is 2.50. The Morgan fingerprint density at radius 2 is 2.07 bits per heavy atom. The van der Waals surface area contributed by atoms with E-state index in [0.29, 0.717) is 23.0 Å². The molecule has 0 aromatic heterocycles. The minimum atomic E-state index is -0.0908. The van der Waals surface area contributed by atoms with E-state index in [9.17, 15) is 4.79 Å². The fourth-order valence-corrected chi connectivity index (χ4v) is 1.93. The predicted octanol–water partition coefficient (Wildman–Crippen LogP) is 2.06. The average molecular weight is 245 g/mol. The van der Waals surface area contributed by atoms with E-state index < -0.39 is 0 Å². The van der Waals surface area contributed by atoms with Gasteiger partial charge in [0.15, 0.2) is 0 Å². The topological polar surface area (TPSA) is 46.3 Å². The summed E-state index contributed by atoms with van der Waals surface area (Å²) in [5.41, 5.74) is 6.45. The van der Waals surface area contributed by atoms with E-state index in [4.69, 9.17) is 28.9 Å². The fraction of sp³-hybridized carbons (Fsp3) is 0.300. The number of rotatable bonds is 1. The molecule has 0 radical (unpaired) electrons. The second kappa shape index (κ2) is 4.00. The number of carbonyl (C=O) groups is 1. The molecule has 0 bridgehead atoms. The Kier molecular flexibility index (Phi) is 2.87. The van der Waals surface area contributed by atoms with Crippen molar-refractivity contribution in [2.75, 3.05) is 11.4 Å². The smallest absolute Gasteiger partial charge is 0.228 e. The largest absolute Gasteiger partial charge is 0.326 e. The van der Waals surface area contributed by atoms with Crippen molar-refractivity contribution in [2.45, 2.75) is 12.5 Å². The number of nitrogens with zero attached hydrogens (tertiary/aromatic N) is 1. The van der Waals surface area contributed by atoms with E-state index in [1.807, 2.05) is 0 Å². The SMILES string of the molecule is NC1CC(=O)N(c2ccc(Cl)c(Cl)c2)C1. The van der Waals surface area contributed by atoms with Crippen molar-refractivity contribution in [2.24, 2.45) is 5.73 Å². The first-order valence-electron chi connectivity index (χ1n) is 4.59. The van der Waals surface area contributed by atoms with Gasteiger partial charge in [-0.1, -0.05) is 23.2 Å². The first kappa shape index (κ1) is 10.7. The normalized spacial score (nSPS) is 21.1. The van der Waals surface area contributed by atoms with Crippen LogP contribution in [-0.2, 0) is 4.79 Å². The summed E-state index contributed by atoms with van der Waals surface area (Å²) in [6.07, 6.45) is 0.389. The highest BCUT2D eigenvalue weighted by Crippen LogP contribution is 2.29. The number of benzene rings is 1. The summed E-state index contributed by atoms with van der Waals surface area (Å²) in [5.74, 6) is 0.0286. The minimum absolute atomic E-state index is 0.0286. The maximum absolute atomic E-state index is 11.6. The molecular formula is C10H10Cl2N2O. The molecule has 2 rings (SSSR count). The van der Waals surface area contributed by atoms with Crippen LogP contribution in [0.2, 0.25) is 10.0 Å². The van der Waals surface area contributed by atoms with Gasteiger partial charge in [0.05, 0.1) is 10.0 Å². The lowest BCUT2D eigenvalue weighted by Crippen LogP contribution is -2.27. The fourth-order valence-electron chi connectivity index (χ4n) is 1.64. The molecule has 2 N–H and O–H groups in total. The zero-order chi connectivity index (χ0) is 11.0. The zero-order valence-corrected chi connectivity index (χ0v) is 9.42. The molecule has 3 nitrogen and oxygen atoms in total. The lowest BCUT2D eigenvalue weighted by Gasteiger charge is -2.16. The molecule has 5 heteroatoms. The molecule has 1 saturated heterocycles. The summed E-state index contributed by atoms with van der Waals surface area (Å²) < 4.78 is 0. The highest BCUT2D eigenvalue weighted by atomic mass is 35.5. The number of halogens is 2. The highest BCUT2D eigenvalue weighted by molar-refractivity contribution is 6.42. The van der Waals surface area contributed by atoms with Crippen LogP contribution in [0.4, 0.5) is 5.69 Å². The Morgan fingerprint density at radius 1 is 1.33 bits per heavy atom. The summed E-state index contributed by atoms with van der Waals surface area (Å²) in [6, 6.07) is 5.03. The van der Waals surface area contributed by atoms with E-state index in [2.05, 4.69) is 0 Å². The van der Waals surface area contributed by atoms with Crippen molar-refractivity contribution in [3.05, 3.63) is 28.2 Å². The highest BCUT2D eigenvalue weighted by Gasteiger charge is 2.28. The van der Waals surface area contributed by atoms with Gasteiger partial charge in [-0.05, 0) is 18.2 Å². The number of amides is 1. The molecule has 80 valence electrons. The quantitative estimate of drug-likeness (QED) is 0.823. The first-order valence-corrected chi connectivity index (χ1v) is 5.34. The van der Waals surface area contributed by atoms with E-state index >= 15 is 0 Å². The lowest BCUT2D eigenvalue weighted by atomic mass is 10.3. The van der Waals surface area contributed by atoms with Crippen LogP contribution in [-0.4, -0.2) is 18.5 Å². The first-order chi connectivity index (χ1) is 7.08. The van der Waals surface area contributed by atoms with Crippen molar-refractivity contribution in [1.29, 1.82) is 0 Å². The number of hydrogen-bond acceptors (Lipinski definition) is 2. The molecule has 1 unspecified atom stereocenters. The summed E-state index contributed by atoms with van der Waals surface area (Å²) in [6.45, 7) is 0.538. The lowest BCUT2D eigenvalue weighted by molar-refractivity contribution is -0.117. The maximum Gasteiger partial charge on any atom is 0.228 e. The molecule has 1 fully saturated rings. The van der Waals surface area contributed by atoms with Gasteiger partial charge in [-0.2, -0.15) is 0 Å². The second-order valence-corrected chi connectivity index (χ2v) is 4.38. The van der Waals surface area contributed by atoms with Crippen LogP contribution in [0, 0.1) is 0 Å². The minimum Gasteiger partial charge on any atom is -0.326 e. The van der Waals surface area contributed by atoms with Gasteiger partial charge in [0, 0.05) is 24.7 Å². The van der Waals surface area contributed by atoms with Gasteiger partial charge in [0.25, 0.3) is 0 Å². The molecule has 15 heavy (non-hydrogen) atoms. The summed E-state index contributed by atoms with van der Waals surface area (Å²) in [7, 11) is 0. The molecule has 0 saturated carbocycles. The number of nitrogens with two attached hydrogens (primary N) is 1. The molecule has 1 aromatic rings. The van der Waals surface area contributed by atoms with Crippen molar-refractivity contribution in [3.8, 4) is 0 Å². The van der Waals surface area contributed by atoms with Crippen molar-refractivity contribution < 1.29 is 4.79 Å². The van der Waals surface area contributed by atoms with E-state index in [0.717, 1.165) is 5.69 Å². The van der Waals surface area contributed by atoms with Crippen molar-refractivity contribution in [3.63, 3.8) is 0 Å². The van der Waals surface area contributed by atoms with E-state index in [-0.39, 0.29) is 11.9 Å². The third-order valence-corrected chi connectivity index (χ3v) is 3.11. The van der Waals surface area contributed by atoms with Gasteiger partial charge < -0.3 is 10.6 Å². The summed E-state index contributed by atoms with van der Waals surface area (Å²) in [5, 5.41) is 0.929. The Hall–Kier alpha value is -0.770. The zero-order valence-electron chi connectivity index (χ0n) is 7.91. The van der Waals surface area contributed by atoms with Crippen LogP contribution in [0.5, 0.6) is 0 Å². The number of anilines is 1. The van der Waals surface area contributed by atoms with Crippen LogP contribution in [0.3, 0.4) is 0 Å². The third-order valence-electron chi connectivity index (χ3n) is 2.37. The van der Waals surface area contributed by atoms with Crippen LogP contribution in [0.1, 0.15) is 6.42 Å². The van der Waals surface area contributed by atoms with Crippen LogP contribution < -0.4 is 10.6 Å². The molecule has 1 aliphatic heterocycles. The van der Waals surface area contributed by atoms with Crippen LogP contribution in [0.25, 0.3) is 0 Å².